The fourth-order valence-electron chi connectivity index (χ4n) is 6.91. The first kappa shape index (κ1) is 29.7. The van der Waals surface area contributed by atoms with E-state index in [2.05, 4.69) is 0 Å². The molecule has 4 aliphatic rings. The topological polar surface area (TPSA) is 164 Å². The summed E-state index contributed by atoms with van der Waals surface area (Å²) in [6, 6.07) is 0. The van der Waals surface area contributed by atoms with E-state index in [4.69, 9.17) is 28.4 Å². The molecule has 0 aromatic carbocycles. The van der Waals surface area contributed by atoms with Crippen LogP contribution in [0.15, 0.2) is 23.5 Å². The first-order valence-electron chi connectivity index (χ1n) is 13.2. The quantitative estimate of drug-likeness (QED) is 0.228. The number of carbonyl (C=O) groups excluding carboxylic acids is 5. The maximum absolute atomic E-state index is 13.1. The molecule has 40 heavy (non-hydrogen) atoms. The largest absolute Gasteiger partial charge is 0.459 e. The second-order valence-corrected chi connectivity index (χ2v) is 11.4. The van der Waals surface area contributed by atoms with Gasteiger partial charge in [0.25, 0.3) is 0 Å². The van der Waals surface area contributed by atoms with Crippen LogP contribution in [-0.2, 0) is 52.4 Å². The Morgan fingerprint density at radius 2 is 1.52 bits per heavy atom. The molecule has 2 aliphatic heterocycles. The molecule has 220 valence electrons. The average molecular weight is 565 g/mol. The fourth-order valence-corrected chi connectivity index (χ4v) is 6.91. The minimum atomic E-state index is -1.68. The van der Waals surface area contributed by atoms with E-state index in [9.17, 15) is 29.1 Å². The van der Waals surface area contributed by atoms with E-state index < -0.39 is 82.9 Å². The van der Waals surface area contributed by atoms with Crippen molar-refractivity contribution in [3.63, 3.8) is 0 Å². The smallest absolute Gasteiger partial charge is 0.342 e. The molecule has 0 amide bonds. The zero-order chi connectivity index (χ0) is 29.9. The zero-order valence-corrected chi connectivity index (χ0v) is 23.8. The van der Waals surface area contributed by atoms with Crippen LogP contribution in [0, 0.1) is 17.3 Å². The molecule has 12 heteroatoms. The first-order chi connectivity index (χ1) is 18.5. The van der Waals surface area contributed by atoms with Crippen LogP contribution in [0.2, 0.25) is 0 Å². The van der Waals surface area contributed by atoms with E-state index >= 15 is 0 Å². The molecule has 1 spiro atoms. The Labute approximate surface area is 231 Å². The minimum absolute atomic E-state index is 0.0647. The van der Waals surface area contributed by atoms with E-state index in [1.54, 1.807) is 19.9 Å². The average Bonchev–Trinajstić information content (AvgIpc) is 3.42. The number of ether oxygens (including phenoxy) is 6. The Kier molecular flexibility index (Phi) is 7.42. The maximum atomic E-state index is 13.1. The zero-order valence-electron chi connectivity index (χ0n) is 23.8. The van der Waals surface area contributed by atoms with Gasteiger partial charge in [0.2, 0.25) is 0 Å². The standard InChI is InChI=1S/C28H36O12/c1-12-9-10-18(35-14(3)29)26(7)20(12)23(37-16(5)31)28-19(39-25(34)27(28,8)40-28)11-13(2)22(36-15(4)30)21(33)24(26)38-17(6)32/h10-12,19-24,33H,9H2,1-8H3/b13-11-/t12?,19-,20+,21+,22-,23+,24-,26-,27?,28-/m0/s1. The third-order valence-electron chi connectivity index (χ3n) is 8.59. The van der Waals surface area contributed by atoms with Crippen LogP contribution in [0.25, 0.3) is 0 Å². The lowest BCUT2D eigenvalue weighted by molar-refractivity contribution is -0.204. The summed E-state index contributed by atoms with van der Waals surface area (Å²) in [5, 5.41) is 11.8. The molecular formula is C28H36O12. The summed E-state index contributed by atoms with van der Waals surface area (Å²) in [5.41, 5.74) is -4.31. The van der Waals surface area contributed by atoms with Crippen molar-refractivity contribution in [3.05, 3.63) is 23.5 Å². The third-order valence-corrected chi connectivity index (χ3v) is 8.59. The van der Waals surface area contributed by atoms with Crippen LogP contribution in [-0.4, -0.2) is 76.7 Å². The SMILES string of the molecule is CC(=O)OC1=CCC(C)[C@@H]2[C@@H](OC(C)=O)[C@]34OC3(C)C(=O)O[C@H]4/C=C(/C)[C@H](OC(C)=O)[C@@H](O)[C@H](OC(C)=O)[C@@]12C. The molecule has 4 rings (SSSR count). The molecule has 0 bridgehead atoms. The Morgan fingerprint density at radius 3 is 2.05 bits per heavy atom. The van der Waals surface area contributed by atoms with Gasteiger partial charge in [-0.15, -0.1) is 0 Å². The third kappa shape index (κ3) is 4.41. The van der Waals surface area contributed by atoms with Gasteiger partial charge >= 0.3 is 29.8 Å². The second-order valence-electron chi connectivity index (χ2n) is 11.4. The van der Waals surface area contributed by atoms with Crippen LogP contribution in [0.4, 0.5) is 0 Å². The molecule has 0 aromatic rings. The van der Waals surface area contributed by atoms with E-state index in [1.807, 2.05) is 6.92 Å². The number of aliphatic hydroxyl groups is 1. The highest BCUT2D eigenvalue weighted by Gasteiger charge is 2.87. The van der Waals surface area contributed by atoms with Crippen LogP contribution >= 0.6 is 0 Å². The summed E-state index contributed by atoms with van der Waals surface area (Å²) in [4.78, 5) is 62.6. The molecule has 2 fully saturated rings. The maximum Gasteiger partial charge on any atom is 0.342 e. The highest BCUT2D eigenvalue weighted by Crippen LogP contribution is 2.65. The molecule has 12 nitrogen and oxygen atoms in total. The van der Waals surface area contributed by atoms with Gasteiger partial charge in [-0.05, 0) is 50.8 Å². The van der Waals surface area contributed by atoms with Crippen molar-refractivity contribution in [1.82, 2.24) is 0 Å². The molecule has 1 N–H and O–H groups in total. The van der Waals surface area contributed by atoms with Crippen LogP contribution in [0.1, 0.15) is 61.8 Å². The summed E-state index contributed by atoms with van der Waals surface area (Å²) < 4.78 is 34.8. The molecule has 2 aliphatic carbocycles. The van der Waals surface area contributed by atoms with Gasteiger partial charge in [0.15, 0.2) is 23.4 Å². The van der Waals surface area contributed by atoms with Gasteiger partial charge < -0.3 is 33.5 Å². The van der Waals surface area contributed by atoms with Crippen LogP contribution < -0.4 is 0 Å². The lowest BCUT2D eigenvalue weighted by Crippen LogP contribution is -2.63. The minimum Gasteiger partial charge on any atom is -0.459 e. The predicted molar refractivity (Wildman–Crippen MR) is 134 cm³/mol. The molecule has 2 unspecified atom stereocenters. The Morgan fingerprint density at radius 1 is 0.950 bits per heavy atom. The molecule has 2 saturated heterocycles. The second kappa shape index (κ2) is 9.99. The molecular weight excluding hydrogens is 528 g/mol. The number of carbonyl (C=O) groups is 5. The van der Waals surface area contributed by atoms with E-state index in [0.717, 1.165) is 13.8 Å². The molecule has 0 radical (unpaired) electrons. The van der Waals surface area contributed by atoms with Gasteiger partial charge in [0.1, 0.15) is 24.1 Å². The summed E-state index contributed by atoms with van der Waals surface area (Å²) in [6.45, 7) is 11.3. The van der Waals surface area contributed by atoms with Crippen molar-refractivity contribution < 1.29 is 57.5 Å². The van der Waals surface area contributed by atoms with Gasteiger partial charge in [0, 0.05) is 33.6 Å². The predicted octanol–water partition coefficient (Wildman–Crippen LogP) is 1.66. The summed E-state index contributed by atoms with van der Waals surface area (Å²) >= 11 is 0. The number of allylic oxidation sites excluding steroid dienone is 1. The van der Waals surface area contributed by atoms with E-state index in [0.29, 0.717) is 6.42 Å². The molecule has 0 aromatic heterocycles. The highest BCUT2D eigenvalue weighted by molar-refractivity contribution is 5.89. The molecule has 0 saturated carbocycles. The van der Waals surface area contributed by atoms with E-state index in [-0.39, 0.29) is 17.3 Å². The molecule has 2 heterocycles. The van der Waals surface area contributed by atoms with Crippen LogP contribution in [0.3, 0.4) is 0 Å². The normalized spacial score (nSPS) is 43.2. The van der Waals surface area contributed by atoms with Crippen molar-refractivity contribution >= 4 is 29.8 Å². The van der Waals surface area contributed by atoms with Gasteiger partial charge in [-0.25, -0.2) is 4.79 Å². The summed E-state index contributed by atoms with van der Waals surface area (Å²) in [6.07, 6.45) is -3.31. The van der Waals surface area contributed by atoms with Crippen molar-refractivity contribution in [2.24, 2.45) is 17.3 Å². The lowest BCUT2D eigenvalue weighted by atomic mass is 9.56. The van der Waals surface area contributed by atoms with Gasteiger partial charge in [0.05, 0.1) is 5.41 Å². The fraction of sp³-hybridized carbons (Fsp3) is 0.679. The highest BCUT2D eigenvalue weighted by atomic mass is 16.7. The number of epoxide rings is 1. The summed E-state index contributed by atoms with van der Waals surface area (Å²) in [5.74, 6) is -4.67. The number of rotatable bonds is 4. The monoisotopic (exact) mass is 564 g/mol. The Bertz CT molecular complexity index is 1200. The first-order valence-corrected chi connectivity index (χ1v) is 13.2. The number of aliphatic hydroxyl groups excluding tert-OH is 1. The molecule has 10 atom stereocenters. The van der Waals surface area contributed by atoms with Gasteiger partial charge in [-0.2, -0.15) is 0 Å². The Hall–Kier alpha value is -3.25. The van der Waals surface area contributed by atoms with Crippen LogP contribution in [0.5, 0.6) is 0 Å². The number of esters is 5. The Balaban J connectivity index is 2.08. The van der Waals surface area contributed by atoms with Gasteiger partial charge in [-0.3, -0.25) is 19.2 Å². The number of hydrogen-bond acceptors (Lipinski definition) is 12. The van der Waals surface area contributed by atoms with Crippen molar-refractivity contribution in [1.29, 1.82) is 0 Å². The lowest BCUT2D eigenvalue weighted by Gasteiger charge is -2.53. The number of hydrogen-bond donors (Lipinski definition) is 1. The van der Waals surface area contributed by atoms with Crippen molar-refractivity contribution in [3.8, 4) is 0 Å². The van der Waals surface area contributed by atoms with Crippen molar-refractivity contribution in [2.75, 3.05) is 0 Å². The van der Waals surface area contributed by atoms with Gasteiger partial charge in [-0.1, -0.05) is 6.92 Å². The number of fused-ring (bicyclic) bond motifs is 1. The summed E-state index contributed by atoms with van der Waals surface area (Å²) in [7, 11) is 0. The van der Waals surface area contributed by atoms with Crippen molar-refractivity contribution in [2.45, 2.75) is 104 Å². The van der Waals surface area contributed by atoms with E-state index in [1.165, 1.54) is 26.8 Å².